The molecular formula is C21H20FN3O2S. The molecule has 2 unspecified atom stereocenters. The van der Waals surface area contributed by atoms with E-state index in [-0.39, 0.29) is 17.6 Å². The number of nitrogens with zero attached hydrogens (tertiary/aromatic N) is 1. The van der Waals surface area contributed by atoms with Crippen LogP contribution in [-0.2, 0) is 4.79 Å². The summed E-state index contributed by atoms with van der Waals surface area (Å²) in [6.45, 7) is 2.00. The number of benzene rings is 2. The second-order valence-electron chi connectivity index (χ2n) is 6.54. The number of hydrogen-bond donors (Lipinski definition) is 2. The Morgan fingerprint density at radius 2 is 1.89 bits per heavy atom. The molecule has 1 aromatic heterocycles. The molecule has 144 valence electrons. The van der Waals surface area contributed by atoms with Gasteiger partial charge in [-0.25, -0.2) is 4.39 Å². The van der Waals surface area contributed by atoms with Crippen LogP contribution in [0.5, 0.6) is 5.75 Å². The predicted molar refractivity (Wildman–Crippen MR) is 109 cm³/mol. The highest BCUT2D eigenvalue weighted by Gasteiger charge is 2.36. The minimum atomic E-state index is -0.477. The van der Waals surface area contributed by atoms with E-state index in [1.165, 1.54) is 17.8 Å². The largest absolute Gasteiger partial charge is 0.497 e. The summed E-state index contributed by atoms with van der Waals surface area (Å²) in [4.78, 5) is 13.1. The van der Waals surface area contributed by atoms with Crippen LogP contribution in [0.25, 0.3) is 0 Å². The van der Waals surface area contributed by atoms with E-state index in [2.05, 4.69) is 10.7 Å². The van der Waals surface area contributed by atoms with Crippen molar-refractivity contribution in [1.82, 2.24) is 4.68 Å². The average molecular weight is 397 g/mol. The number of amides is 1. The lowest BCUT2D eigenvalue weighted by Crippen LogP contribution is -2.41. The highest BCUT2D eigenvalue weighted by Crippen LogP contribution is 2.39. The summed E-state index contributed by atoms with van der Waals surface area (Å²) < 4.78 is 21.2. The average Bonchev–Trinajstić information content (AvgIpc) is 3.09. The Balaban J connectivity index is 1.67. The number of para-hydroxylation sites is 1. The quantitative estimate of drug-likeness (QED) is 0.688. The van der Waals surface area contributed by atoms with Crippen molar-refractivity contribution in [3.63, 3.8) is 0 Å². The highest BCUT2D eigenvalue weighted by atomic mass is 32.2. The van der Waals surface area contributed by atoms with Crippen molar-refractivity contribution in [2.75, 3.05) is 17.9 Å². The van der Waals surface area contributed by atoms with Crippen molar-refractivity contribution in [2.45, 2.75) is 23.2 Å². The number of hydrogen-bond acceptors (Lipinski definition) is 4. The summed E-state index contributed by atoms with van der Waals surface area (Å²) >= 11 is 1.46. The molecule has 2 N–H and O–H groups in total. The van der Waals surface area contributed by atoms with E-state index in [9.17, 15) is 9.18 Å². The molecule has 5 nitrogen and oxygen atoms in total. The van der Waals surface area contributed by atoms with Crippen LogP contribution in [0.2, 0.25) is 0 Å². The van der Waals surface area contributed by atoms with Crippen molar-refractivity contribution in [1.29, 1.82) is 0 Å². The van der Waals surface area contributed by atoms with Gasteiger partial charge in [0.2, 0.25) is 5.91 Å². The molecule has 0 aliphatic carbocycles. The maximum absolute atomic E-state index is 14.0. The van der Waals surface area contributed by atoms with Crippen LogP contribution in [0.1, 0.15) is 17.3 Å². The Hall–Kier alpha value is -2.93. The normalized spacial score (nSPS) is 18.1. The zero-order valence-electron chi connectivity index (χ0n) is 15.5. The van der Waals surface area contributed by atoms with E-state index in [1.807, 2.05) is 48.0 Å². The second kappa shape index (κ2) is 7.59. The number of fused-ring (bicyclic) bond motifs is 1. The molecule has 1 aliphatic rings. The minimum absolute atomic E-state index is 0.179. The highest BCUT2D eigenvalue weighted by molar-refractivity contribution is 8.00. The third-order valence-electron chi connectivity index (χ3n) is 4.72. The van der Waals surface area contributed by atoms with E-state index in [4.69, 9.17) is 4.74 Å². The van der Waals surface area contributed by atoms with Crippen molar-refractivity contribution in [3.8, 4) is 5.75 Å². The van der Waals surface area contributed by atoms with Gasteiger partial charge in [0.15, 0.2) is 0 Å². The van der Waals surface area contributed by atoms with Crippen molar-refractivity contribution < 1.29 is 13.9 Å². The van der Waals surface area contributed by atoms with Crippen molar-refractivity contribution in [2.24, 2.45) is 0 Å². The minimum Gasteiger partial charge on any atom is -0.497 e. The number of thioether (sulfide) groups is 1. The number of anilines is 1. The van der Waals surface area contributed by atoms with Gasteiger partial charge in [-0.3, -0.25) is 9.47 Å². The first-order valence-corrected chi connectivity index (χ1v) is 9.75. The van der Waals surface area contributed by atoms with E-state index in [0.717, 1.165) is 22.0 Å². The molecule has 0 saturated heterocycles. The fourth-order valence-electron chi connectivity index (χ4n) is 3.21. The number of aromatic nitrogens is 1. The van der Waals surface area contributed by atoms with Gasteiger partial charge in [0, 0.05) is 5.69 Å². The Morgan fingerprint density at radius 3 is 2.61 bits per heavy atom. The third-order valence-corrected chi connectivity index (χ3v) is 6.02. The van der Waals surface area contributed by atoms with Crippen molar-refractivity contribution >= 4 is 23.4 Å². The molecule has 2 atom stereocenters. The number of rotatable bonds is 4. The van der Waals surface area contributed by atoms with E-state index >= 15 is 0 Å². The molecule has 3 aromatic rings. The first-order valence-electron chi connectivity index (χ1n) is 8.87. The van der Waals surface area contributed by atoms with Gasteiger partial charge in [-0.05, 0) is 48.9 Å². The number of carbonyl (C=O) groups is 1. The molecule has 0 radical (unpaired) electrons. The van der Waals surface area contributed by atoms with E-state index in [1.54, 1.807) is 25.3 Å². The number of methoxy groups -OCH3 is 1. The van der Waals surface area contributed by atoms with Crippen LogP contribution in [0.3, 0.4) is 0 Å². The van der Waals surface area contributed by atoms with Crippen LogP contribution in [0, 0.1) is 12.7 Å². The van der Waals surface area contributed by atoms with Crippen LogP contribution >= 0.6 is 11.8 Å². The van der Waals surface area contributed by atoms with Crippen LogP contribution in [0.4, 0.5) is 10.1 Å². The summed E-state index contributed by atoms with van der Waals surface area (Å²) in [5.74, 6) is 0.0377. The molecule has 28 heavy (non-hydrogen) atoms. The van der Waals surface area contributed by atoms with Gasteiger partial charge >= 0.3 is 0 Å². The van der Waals surface area contributed by atoms with Gasteiger partial charge in [-0.1, -0.05) is 36.0 Å². The predicted octanol–water partition coefficient (Wildman–Crippen LogP) is 4.34. The summed E-state index contributed by atoms with van der Waals surface area (Å²) in [5.41, 5.74) is 5.61. The van der Waals surface area contributed by atoms with E-state index in [0.29, 0.717) is 0 Å². The van der Waals surface area contributed by atoms with Gasteiger partial charge in [0.25, 0.3) is 0 Å². The molecule has 2 heterocycles. The lowest BCUT2D eigenvalue weighted by molar-refractivity contribution is -0.116. The van der Waals surface area contributed by atoms with Crippen LogP contribution in [0.15, 0.2) is 65.7 Å². The Labute approximate surface area is 166 Å². The van der Waals surface area contributed by atoms with Crippen LogP contribution < -0.4 is 15.5 Å². The SMILES string of the molecule is COc1ccc(C2Nn3c(C)ccc3SC2C(=O)Nc2ccccc2F)cc1. The molecule has 1 aliphatic heterocycles. The van der Waals surface area contributed by atoms with Gasteiger partial charge in [0.05, 0.1) is 23.9 Å². The molecule has 1 amide bonds. The molecule has 0 fully saturated rings. The number of aryl methyl sites for hydroxylation is 1. The molecule has 0 spiro atoms. The molecule has 7 heteroatoms. The van der Waals surface area contributed by atoms with Crippen LogP contribution in [-0.4, -0.2) is 22.9 Å². The topological polar surface area (TPSA) is 55.3 Å². The summed E-state index contributed by atoms with van der Waals surface area (Å²) in [7, 11) is 1.61. The number of nitrogens with one attached hydrogen (secondary N) is 2. The summed E-state index contributed by atoms with van der Waals surface area (Å²) in [6, 6.07) is 17.5. The Bertz CT molecular complexity index is 1000. The standard InChI is InChI=1S/C21H20FN3O2S/c1-13-7-12-18-25(13)24-19(14-8-10-15(27-2)11-9-14)20(28-18)21(26)23-17-6-4-3-5-16(17)22/h3-12,19-20,24H,1-2H3,(H,23,26). The lowest BCUT2D eigenvalue weighted by atomic mass is 10.0. The van der Waals surface area contributed by atoms with Gasteiger partial charge in [-0.2, -0.15) is 0 Å². The maximum Gasteiger partial charge on any atom is 0.240 e. The number of carbonyl (C=O) groups excluding carboxylic acids is 1. The summed E-state index contributed by atoms with van der Waals surface area (Å²) in [5, 5.41) is 3.19. The third kappa shape index (κ3) is 3.45. The fraction of sp³-hybridized carbons (Fsp3) is 0.190. The number of halogens is 1. The monoisotopic (exact) mass is 397 g/mol. The molecule has 4 rings (SSSR count). The maximum atomic E-state index is 14.0. The molecule has 2 aromatic carbocycles. The second-order valence-corrected chi connectivity index (χ2v) is 7.70. The first-order chi connectivity index (χ1) is 13.6. The number of ether oxygens (including phenoxy) is 1. The first kappa shape index (κ1) is 18.4. The van der Waals surface area contributed by atoms with Gasteiger partial charge in [0.1, 0.15) is 16.8 Å². The Kier molecular flexibility index (Phi) is 5.00. The lowest BCUT2D eigenvalue weighted by Gasteiger charge is -2.34. The molecule has 0 bridgehead atoms. The Morgan fingerprint density at radius 1 is 1.14 bits per heavy atom. The molecular weight excluding hydrogens is 377 g/mol. The smallest absolute Gasteiger partial charge is 0.240 e. The molecule has 0 saturated carbocycles. The van der Waals surface area contributed by atoms with E-state index < -0.39 is 11.1 Å². The van der Waals surface area contributed by atoms with Crippen molar-refractivity contribution in [3.05, 3.63) is 77.7 Å². The van der Waals surface area contributed by atoms with Gasteiger partial charge in [-0.15, -0.1) is 0 Å². The zero-order valence-corrected chi connectivity index (χ0v) is 16.3. The van der Waals surface area contributed by atoms with Gasteiger partial charge < -0.3 is 15.5 Å². The zero-order chi connectivity index (χ0) is 19.7. The fourth-order valence-corrected chi connectivity index (χ4v) is 4.44. The summed E-state index contributed by atoms with van der Waals surface area (Å²) in [6.07, 6.45) is 0.